The molecule has 6 rings (SSSR count). The van der Waals surface area contributed by atoms with E-state index in [0.717, 1.165) is 11.3 Å². The van der Waals surface area contributed by atoms with Gasteiger partial charge in [-0.1, -0.05) is 62.2 Å². The fourth-order valence-corrected chi connectivity index (χ4v) is 8.10. The summed E-state index contributed by atoms with van der Waals surface area (Å²) in [5.41, 5.74) is 1.55. The summed E-state index contributed by atoms with van der Waals surface area (Å²) >= 11 is 17.6. The van der Waals surface area contributed by atoms with E-state index in [1.165, 1.54) is 16.7 Å². The Morgan fingerprint density at radius 3 is 2.37 bits per heavy atom. The number of carbonyl (C=O) groups is 3. The quantitative estimate of drug-likeness (QED) is 0.229. The smallest absolute Gasteiger partial charge is 0.305 e. The molecule has 0 spiro atoms. The van der Waals surface area contributed by atoms with Gasteiger partial charge in [-0.25, -0.2) is 4.90 Å². The van der Waals surface area contributed by atoms with Crippen LogP contribution in [0.4, 0.5) is 11.4 Å². The zero-order valence-corrected chi connectivity index (χ0v) is 25.5. The number of fused-ring (bicyclic) bond motifs is 2. The number of anilines is 2. The monoisotopic (exact) mass is 689 g/mol. The summed E-state index contributed by atoms with van der Waals surface area (Å²) in [6.07, 6.45) is 0. The molecular formula is C28H18BrCl2N3O5S2. The van der Waals surface area contributed by atoms with E-state index in [9.17, 15) is 19.2 Å². The van der Waals surface area contributed by atoms with Crippen LogP contribution in [0.3, 0.4) is 0 Å². The van der Waals surface area contributed by atoms with E-state index in [-0.39, 0.29) is 17.4 Å². The van der Waals surface area contributed by atoms with Gasteiger partial charge in [-0.15, -0.1) is 0 Å². The minimum Gasteiger partial charge on any atom is -0.483 e. The van der Waals surface area contributed by atoms with Gasteiger partial charge in [0.2, 0.25) is 11.8 Å². The lowest BCUT2D eigenvalue weighted by atomic mass is 9.82. The van der Waals surface area contributed by atoms with E-state index in [2.05, 4.69) is 26.2 Å². The number of nitrogens with zero attached hydrogens (tertiary/aromatic N) is 1. The van der Waals surface area contributed by atoms with Crippen LogP contribution >= 0.6 is 62.2 Å². The molecule has 208 valence electrons. The number of halogens is 3. The molecule has 3 amide bonds. The molecule has 2 aliphatic heterocycles. The Labute approximate surface area is 260 Å². The molecule has 13 heteroatoms. The average Bonchev–Trinajstić information content (AvgIpc) is 3.44. The molecule has 3 heterocycles. The van der Waals surface area contributed by atoms with Crippen molar-refractivity contribution in [2.75, 3.05) is 16.8 Å². The number of benzene rings is 3. The summed E-state index contributed by atoms with van der Waals surface area (Å²) in [5.74, 6) is -2.31. The van der Waals surface area contributed by atoms with Crippen molar-refractivity contribution in [3.8, 4) is 5.75 Å². The van der Waals surface area contributed by atoms with Gasteiger partial charge in [-0.3, -0.25) is 19.2 Å². The molecule has 3 atom stereocenters. The molecule has 4 aromatic rings. The molecule has 3 aromatic carbocycles. The lowest BCUT2D eigenvalue weighted by Gasteiger charge is -2.31. The maximum absolute atomic E-state index is 14.0. The molecule has 0 aliphatic carbocycles. The third-order valence-electron chi connectivity index (χ3n) is 6.70. The fourth-order valence-electron chi connectivity index (χ4n) is 4.96. The number of H-pyrrole nitrogens is 1. The average molecular weight is 691 g/mol. The van der Waals surface area contributed by atoms with Crippen molar-refractivity contribution in [3.05, 3.63) is 101 Å². The Morgan fingerprint density at radius 1 is 0.976 bits per heavy atom. The van der Waals surface area contributed by atoms with Crippen LogP contribution in [-0.4, -0.2) is 34.6 Å². The van der Waals surface area contributed by atoms with Gasteiger partial charge >= 0.3 is 4.87 Å². The predicted molar refractivity (Wildman–Crippen MR) is 164 cm³/mol. The van der Waals surface area contributed by atoms with Gasteiger partial charge in [0.15, 0.2) is 6.61 Å². The van der Waals surface area contributed by atoms with Crippen molar-refractivity contribution in [2.45, 2.75) is 16.2 Å². The zero-order chi connectivity index (χ0) is 28.8. The zero-order valence-electron chi connectivity index (χ0n) is 20.7. The minimum absolute atomic E-state index is 0.290. The summed E-state index contributed by atoms with van der Waals surface area (Å²) in [4.78, 5) is 57.1. The number of thiazole rings is 1. The number of ether oxygens (including phenoxy) is 1. The first kappa shape index (κ1) is 28.0. The molecule has 8 nitrogen and oxygen atoms in total. The normalized spacial score (nSPS) is 19.6. The van der Waals surface area contributed by atoms with Crippen molar-refractivity contribution in [1.82, 2.24) is 4.98 Å². The lowest BCUT2D eigenvalue weighted by Crippen LogP contribution is -2.32. The van der Waals surface area contributed by atoms with Crippen LogP contribution in [0.25, 0.3) is 0 Å². The van der Waals surface area contributed by atoms with Crippen LogP contribution < -0.4 is 19.8 Å². The second kappa shape index (κ2) is 11.3. The molecular weight excluding hydrogens is 673 g/mol. The Balaban J connectivity index is 1.36. The molecule has 1 saturated heterocycles. The maximum Gasteiger partial charge on any atom is 0.305 e. The number of hydrogen-bond acceptors (Lipinski definition) is 7. The van der Waals surface area contributed by atoms with Crippen molar-refractivity contribution in [1.29, 1.82) is 0 Å². The summed E-state index contributed by atoms with van der Waals surface area (Å²) < 4.78 is 6.69. The largest absolute Gasteiger partial charge is 0.483 e. The SMILES string of the molecule is O=C(COc1ccc(Br)cc1[C@@H]1c2sc(=O)[nH]c2S[C@H]2C(=O)N(c3ccc(Cl)cc3)C(=O)[C@@H]12)Nc1ccc(Cl)cc1. The molecule has 0 bridgehead atoms. The van der Waals surface area contributed by atoms with Crippen molar-refractivity contribution in [3.63, 3.8) is 0 Å². The number of hydrogen-bond donors (Lipinski definition) is 2. The molecule has 2 N–H and O–H groups in total. The van der Waals surface area contributed by atoms with Gasteiger partial charge in [0.25, 0.3) is 5.91 Å². The number of nitrogens with one attached hydrogen (secondary N) is 2. The highest BCUT2D eigenvalue weighted by Gasteiger charge is 2.56. The maximum atomic E-state index is 14.0. The van der Waals surface area contributed by atoms with E-state index in [1.807, 2.05) is 0 Å². The molecule has 41 heavy (non-hydrogen) atoms. The first-order valence-corrected chi connectivity index (χ1v) is 15.4. The molecule has 2 aliphatic rings. The van der Waals surface area contributed by atoms with Crippen molar-refractivity contribution >= 4 is 91.3 Å². The van der Waals surface area contributed by atoms with Gasteiger partial charge in [0.1, 0.15) is 11.0 Å². The summed E-state index contributed by atoms with van der Waals surface area (Å²) in [5, 5.41) is 3.54. The van der Waals surface area contributed by atoms with Crippen LogP contribution in [0, 0.1) is 5.92 Å². The third-order valence-corrected chi connectivity index (χ3v) is 10.1. The Hall–Kier alpha value is -3.09. The minimum atomic E-state index is -0.818. The highest BCUT2D eigenvalue weighted by Crippen LogP contribution is 2.54. The van der Waals surface area contributed by atoms with Gasteiger partial charge in [-0.2, -0.15) is 0 Å². The van der Waals surface area contributed by atoms with Crippen molar-refractivity contribution in [2.24, 2.45) is 5.92 Å². The highest BCUT2D eigenvalue weighted by molar-refractivity contribution is 9.10. The van der Waals surface area contributed by atoms with Gasteiger partial charge < -0.3 is 15.0 Å². The number of rotatable bonds is 6. The van der Waals surface area contributed by atoms with E-state index in [4.69, 9.17) is 27.9 Å². The Kier molecular flexibility index (Phi) is 7.73. The van der Waals surface area contributed by atoms with E-state index in [1.54, 1.807) is 66.7 Å². The number of amides is 3. The van der Waals surface area contributed by atoms with Crippen LogP contribution in [-0.2, 0) is 14.4 Å². The first-order valence-electron chi connectivity index (χ1n) is 12.2. The number of thioether (sulfide) groups is 1. The summed E-state index contributed by atoms with van der Waals surface area (Å²) in [7, 11) is 0. The van der Waals surface area contributed by atoms with Crippen LogP contribution in [0.1, 0.15) is 16.4 Å². The predicted octanol–water partition coefficient (Wildman–Crippen LogP) is 6.32. The second-order valence-corrected chi connectivity index (χ2v) is 13.2. The Morgan fingerprint density at radius 2 is 1.66 bits per heavy atom. The number of aromatic amines is 1. The van der Waals surface area contributed by atoms with Crippen LogP contribution in [0.2, 0.25) is 10.0 Å². The standard InChI is InChI=1S/C28H18BrCl2N3O5S2/c29-13-1-10-19(39-12-20(35)32-16-6-2-14(30)3-7-16)18(11-13)21-22-24(40-25-23(21)41-28(38)33-25)27(37)34(26(22)36)17-8-4-15(31)5-9-17/h1-11,21-22,24H,12H2,(H,32,35)(H,33,38)/t21-,22-,24+/m0/s1. The topological polar surface area (TPSA) is 109 Å². The number of imide groups is 1. The molecule has 0 unspecified atom stereocenters. The molecule has 0 radical (unpaired) electrons. The van der Waals surface area contributed by atoms with E-state index >= 15 is 0 Å². The van der Waals surface area contributed by atoms with Crippen LogP contribution in [0.5, 0.6) is 5.75 Å². The number of carbonyl (C=O) groups excluding carboxylic acids is 3. The van der Waals surface area contributed by atoms with Crippen LogP contribution in [0.15, 0.2) is 81.0 Å². The lowest BCUT2D eigenvalue weighted by molar-refractivity contribution is -0.122. The fraction of sp³-hybridized carbons (Fsp3) is 0.143. The number of aromatic nitrogens is 1. The summed E-state index contributed by atoms with van der Waals surface area (Å²) in [6.45, 7) is -0.313. The summed E-state index contributed by atoms with van der Waals surface area (Å²) in [6, 6.07) is 18.4. The highest BCUT2D eigenvalue weighted by atomic mass is 79.9. The van der Waals surface area contributed by atoms with Gasteiger partial charge in [0, 0.05) is 36.6 Å². The van der Waals surface area contributed by atoms with E-state index < -0.39 is 28.9 Å². The Bertz CT molecular complexity index is 1740. The molecule has 1 fully saturated rings. The van der Waals surface area contributed by atoms with Gasteiger partial charge in [0.05, 0.1) is 16.6 Å². The first-order chi connectivity index (χ1) is 19.7. The van der Waals surface area contributed by atoms with Gasteiger partial charge in [-0.05, 0) is 66.7 Å². The van der Waals surface area contributed by atoms with E-state index in [0.29, 0.717) is 47.1 Å². The second-order valence-electron chi connectivity index (χ2n) is 9.26. The molecule has 0 saturated carbocycles. The third kappa shape index (κ3) is 5.44. The van der Waals surface area contributed by atoms with Crippen molar-refractivity contribution < 1.29 is 19.1 Å². The molecule has 1 aromatic heterocycles.